The van der Waals surface area contributed by atoms with Gasteiger partial charge in [-0.15, -0.1) is 6.58 Å². The van der Waals surface area contributed by atoms with Crippen molar-refractivity contribution in [2.75, 3.05) is 20.1 Å². The number of carbonyl (C=O) groups is 1. The average Bonchev–Trinajstić information content (AvgIpc) is 2.17. The Morgan fingerprint density at radius 2 is 2.13 bits per heavy atom. The van der Waals surface area contributed by atoms with E-state index in [4.69, 9.17) is 5.11 Å². The zero-order valence-corrected chi connectivity index (χ0v) is 9.91. The predicted molar refractivity (Wildman–Crippen MR) is 63.0 cm³/mol. The van der Waals surface area contributed by atoms with Crippen LogP contribution in [0.1, 0.15) is 32.6 Å². The summed E-state index contributed by atoms with van der Waals surface area (Å²) >= 11 is 0. The van der Waals surface area contributed by atoms with Crippen molar-refractivity contribution >= 4 is 5.97 Å². The van der Waals surface area contributed by atoms with Gasteiger partial charge in [0.1, 0.15) is 0 Å². The summed E-state index contributed by atoms with van der Waals surface area (Å²) in [4.78, 5) is 12.7. The van der Waals surface area contributed by atoms with Crippen molar-refractivity contribution in [2.45, 2.75) is 32.6 Å². The highest BCUT2D eigenvalue weighted by molar-refractivity contribution is 5.69. The molecule has 3 nitrogen and oxygen atoms in total. The van der Waals surface area contributed by atoms with Crippen molar-refractivity contribution in [2.24, 2.45) is 5.92 Å². The lowest BCUT2D eigenvalue weighted by Gasteiger charge is -2.18. The highest BCUT2D eigenvalue weighted by Crippen LogP contribution is 2.03. The molecule has 0 aliphatic heterocycles. The van der Waals surface area contributed by atoms with E-state index < -0.39 is 5.97 Å². The van der Waals surface area contributed by atoms with Crippen LogP contribution in [-0.4, -0.2) is 36.1 Å². The maximum Gasteiger partial charge on any atom is 0.307 e. The summed E-state index contributed by atoms with van der Waals surface area (Å²) in [5.41, 5.74) is 0. The van der Waals surface area contributed by atoms with Crippen LogP contribution in [0, 0.1) is 5.92 Å². The summed E-state index contributed by atoms with van der Waals surface area (Å²) < 4.78 is 0. The Balaban J connectivity index is 3.44. The van der Waals surface area contributed by atoms with Gasteiger partial charge in [0.15, 0.2) is 0 Å². The van der Waals surface area contributed by atoms with Crippen LogP contribution in [0.4, 0.5) is 0 Å². The molecule has 88 valence electrons. The molecule has 0 rings (SSSR count). The third kappa shape index (κ3) is 8.18. The van der Waals surface area contributed by atoms with Crippen LogP contribution in [0.25, 0.3) is 0 Å². The van der Waals surface area contributed by atoms with Crippen molar-refractivity contribution in [1.29, 1.82) is 0 Å². The van der Waals surface area contributed by atoms with E-state index in [1.54, 1.807) is 6.92 Å². The molecule has 0 fully saturated rings. The number of rotatable bonds is 9. The molecular weight excluding hydrogens is 190 g/mol. The molecule has 0 aromatic heterocycles. The Labute approximate surface area is 92.8 Å². The van der Waals surface area contributed by atoms with Gasteiger partial charge in [-0.05, 0) is 32.9 Å². The smallest absolute Gasteiger partial charge is 0.307 e. The molecule has 0 aromatic rings. The summed E-state index contributed by atoms with van der Waals surface area (Å²) in [7, 11) is 1.98. The van der Waals surface area contributed by atoms with Crippen molar-refractivity contribution in [3.05, 3.63) is 12.7 Å². The van der Waals surface area contributed by atoms with Gasteiger partial charge in [-0.3, -0.25) is 4.79 Å². The summed E-state index contributed by atoms with van der Waals surface area (Å²) in [5, 5.41) is 8.73. The topological polar surface area (TPSA) is 40.5 Å². The van der Waals surface area contributed by atoms with Crippen LogP contribution in [0.15, 0.2) is 12.7 Å². The number of aliphatic carboxylic acids is 1. The second-order valence-corrected chi connectivity index (χ2v) is 4.14. The van der Waals surface area contributed by atoms with E-state index in [2.05, 4.69) is 11.5 Å². The Morgan fingerprint density at radius 1 is 1.47 bits per heavy atom. The van der Waals surface area contributed by atoms with Gasteiger partial charge in [-0.1, -0.05) is 19.4 Å². The molecule has 0 aromatic carbocycles. The number of nitrogens with zero attached hydrogens (tertiary/aromatic N) is 1. The third-order valence-electron chi connectivity index (χ3n) is 2.46. The number of allylic oxidation sites excluding steroid dienone is 1. The monoisotopic (exact) mass is 213 g/mol. The number of unbranched alkanes of at least 4 members (excludes halogenated alkanes) is 3. The van der Waals surface area contributed by atoms with Crippen molar-refractivity contribution in [3.63, 3.8) is 0 Å². The first kappa shape index (κ1) is 14.2. The minimum absolute atomic E-state index is 0.275. The van der Waals surface area contributed by atoms with E-state index >= 15 is 0 Å². The Bertz CT molecular complexity index is 192. The lowest BCUT2D eigenvalue weighted by molar-refractivity contribution is -0.141. The van der Waals surface area contributed by atoms with Crippen LogP contribution in [-0.2, 0) is 4.79 Å². The van der Waals surface area contributed by atoms with Crippen LogP contribution in [0.3, 0.4) is 0 Å². The van der Waals surface area contributed by atoms with Crippen LogP contribution in [0.5, 0.6) is 0 Å². The fourth-order valence-electron chi connectivity index (χ4n) is 1.48. The number of carboxylic acids is 1. The lowest BCUT2D eigenvalue weighted by Crippen LogP contribution is -2.29. The molecule has 1 unspecified atom stereocenters. The summed E-state index contributed by atoms with van der Waals surface area (Å²) in [6.07, 6.45) is 6.53. The van der Waals surface area contributed by atoms with E-state index in [1.807, 2.05) is 13.1 Å². The van der Waals surface area contributed by atoms with E-state index in [9.17, 15) is 4.79 Å². The first-order valence-corrected chi connectivity index (χ1v) is 5.60. The van der Waals surface area contributed by atoms with Gasteiger partial charge in [0.2, 0.25) is 0 Å². The molecular formula is C12H23NO2. The average molecular weight is 213 g/mol. The fraction of sp³-hybridized carbons (Fsp3) is 0.750. The molecule has 1 atom stereocenters. The molecule has 0 aliphatic rings. The van der Waals surface area contributed by atoms with Gasteiger partial charge in [0.05, 0.1) is 5.92 Å². The third-order valence-corrected chi connectivity index (χ3v) is 2.46. The molecule has 0 spiro atoms. The highest BCUT2D eigenvalue weighted by atomic mass is 16.4. The van der Waals surface area contributed by atoms with Crippen molar-refractivity contribution in [1.82, 2.24) is 4.90 Å². The van der Waals surface area contributed by atoms with Crippen LogP contribution in [0.2, 0.25) is 0 Å². The number of hydrogen-bond donors (Lipinski definition) is 1. The quantitative estimate of drug-likeness (QED) is 0.472. The van der Waals surface area contributed by atoms with Gasteiger partial charge >= 0.3 is 5.97 Å². The first-order valence-electron chi connectivity index (χ1n) is 5.60. The lowest BCUT2D eigenvalue weighted by atomic mass is 10.1. The zero-order valence-electron chi connectivity index (χ0n) is 9.91. The minimum Gasteiger partial charge on any atom is -0.481 e. The Morgan fingerprint density at radius 3 is 2.67 bits per heavy atom. The molecule has 0 aliphatic carbocycles. The van der Waals surface area contributed by atoms with E-state index in [0.29, 0.717) is 6.54 Å². The maximum absolute atomic E-state index is 10.6. The van der Waals surface area contributed by atoms with Crippen molar-refractivity contribution < 1.29 is 9.90 Å². The molecule has 1 N–H and O–H groups in total. The SMILES string of the molecule is C=CCCCCCN(C)CC(C)C(=O)O. The van der Waals surface area contributed by atoms with Crippen LogP contribution >= 0.6 is 0 Å². The van der Waals surface area contributed by atoms with E-state index in [-0.39, 0.29) is 5.92 Å². The molecule has 0 bridgehead atoms. The first-order chi connectivity index (χ1) is 7.07. The molecule has 0 radical (unpaired) electrons. The largest absolute Gasteiger partial charge is 0.481 e. The number of hydrogen-bond acceptors (Lipinski definition) is 2. The zero-order chi connectivity index (χ0) is 11.7. The normalized spacial score (nSPS) is 12.7. The molecule has 15 heavy (non-hydrogen) atoms. The standard InChI is InChI=1S/C12H23NO2/c1-4-5-6-7-8-9-13(3)10-11(2)12(14)15/h4,11H,1,5-10H2,2-3H3,(H,14,15). The highest BCUT2D eigenvalue weighted by Gasteiger charge is 2.12. The number of carboxylic acid groups (broad SMARTS) is 1. The van der Waals surface area contributed by atoms with Gasteiger partial charge in [0, 0.05) is 6.54 Å². The maximum atomic E-state index is 10.6. The van der Waals surface area contributed by atoms with E-state index in [0.717, 1.165) is 19.4 Å². The predicted octanol–water partition coefficient (Wildman–Crippen LogP) is 2.39. The fourth-order valence-corrected chi connectivity index (χ4v) is 1.48. The molecule has 0 heterocycles. The molecule has 3 heteroatoms. The second kappa shape index (κ2) is 8.48. The second-order valence-electron chi connectivity index (χ2n) is 4.14. The molecule has 0 saturated carbocycles. The molecule has 0 saturated heterocycles. The summed E-state index contributed by atoms with van der Waals surface area (Å²) in [5.74, 6) is -0.989. The van der Waals surface area contributed by atoms with Gasteiger partial charge in [0.25, 0.3) is 0 Å². The summed E-state index contributed by atoms with van der Waals surface area (Å²) in [6, 6.07) is 0. The summed E-state index contributed by atoms with van der Waals surface area (Å²) in [6.45, 7) is 7.04. The van der Waals surface area contributed by atoms with Gasteiger partial charge in [-0.25, -0.2) is 0 Å². The minimum atomic E-state index is -0.714. The van der Waals surface area contributed by atoms with Gasteiger partial charge in [-0.2, -0.15) is 0 Å². The van der Waals surface area contributed by atoms with Gasteiger partial charge < -0.3 is 10.0 Å². The Kier molecular flexibility index (Phi) is 8.01. The van der Waals surface area contributed by atoms with E-state index in [1.165, 1.54) is 12.8 Å². The van der Waals surface area contributed by atoms with Crippen LogP contribution < -0.4 is 0 Å². The molecule has 0 amide bonds. The Hall–Kier alpha value is -0.830. The van der Waals surface area contributed by atoms with Crippen molar-refractivity contribution in [3.8, 4) is 0 Å².